The monoisotopic (exact) mass is 313 g/mol. The first-order valence-corrected chi connectivity index (χ1v) is 8.04. The second kappa shape index (κ2) is 5.57. The Morgan fingerprint density at radius 3 is 2.67 bits per heavy atom. The maximum Gasteiger partial charge on any atom is 0.223 e. The number of likely N-dealkylation sites (tertiary alicyclic amines) is 1. The molecule has 114 valence electrons. The lowest BCUT2D eigenvalue weighted by Gasteiger charge is -2.47. The van der Waals surface area contributed by atoms with Crippen LogP contribution in [0, 0.1) is 17.6 Å². The van der Waals surface area contributed by atoms with Crippen molar-refractivity contribution in [2.75, 3.05) is 18.8 Å². The number of hydrogen-bond acceptors (Lipinski definition) is 3. The lowest BCUT2D eigenvalue weighted by atomic mass is 9.88. The number of halogens is 2. The molecule has 0 spiro atoms. The van der Waals surface area contributed by atoms with Crippen molar-refractivity contribution >= 4 is 17.7 Å². The molecule has 1 aromatic carbocycles. The molecule has 1 saturated heterocycles. The van der Waals surface area contributed by atoms with E-state index in [0.29, 0.717) is 36.1 Å². The number of thioether (sulfide) groups is 1. The van der Waals surface area contributed by atoms with E-state index in [1.165, 1.54) is 17.8 Å². The smallest absolute Gasteiger partial charge is 0.223 e. The molecule has 3 nitrogen and oxygen atoms in total. The summed E-state index contributed by atoms with van der Waals surface area (Å²) in [6.07, 6.45) is 2.46. The van der Waals surface area contributed by atoms with Crippen LogP contribution in [0.1, 0.15) is 19.3 Å². The molecule has 0 aromatic heterocycles. The van der Waals surface area contributed by atoms with Gasteiger partial charge in [-0.15, -0.1) is 11.8 Å². The normalized spacial score (nSPS) is 20.2. The summed E-state index contributed by atoms with van der Waals surface area (Å²) in [5.41, 5.74) is -0.650. The number of carbonyl (C=O) groups is 1. The van der Waals surface area contributed by atoms with Gasteiger partial charge in [0.1, 0.15) is 5.60 Å². The van der Waals surface area contributed by atoms with Crippen molar-refractivity contribution < 1.29 is 18.7 Å². The van der Waals surface area contributed by atoms with Crippen LogP contribution in [0.2, 0.25) is 0 Å². The Morgan fingerprint density at radius 2 is 2.05 bits per heavy atom. The van der Waals surface area contributed by atoms with Gasteiger partial charge in [0, 0.05) is 17.1 Å². The van der Waals surface area contributed by atoms with E-state index in [9.17, 15) is 18.7 Å². The third-order valence-corrected chi connectivity index (χ3v) is 5.09. The fourth-order valence-corrected chi connectivity index (χ4v) is 3.51. The Labute approximate surface area is 126 Å². The van der Waals surface area contributed by atoms with Gasteiger partial charge in [-0.2, -0.15) is 0 Å². The minimum Gasteiger partial charge on any atom is -0.386 e. The van der Waals surface area contributed by atoms with Gasteiger partial charge in [0.15, 0.2) is 11.6 Å². The molecule has 21 heavy (non-hydrogen) atoms. The van der Waals surface area contributed by atoms with Crippen LogP contribution in [0.3, 0.4) is 0 Å². The van der Waals surface area contributed by atoms with Gasteiger partial charge in [-0.25, -0.2) is 8.78 Å². The highest BCUT2D eigenvalue weighted by molar-refractivity contribution is 7.99. The van der Waals surface area contributed by atoms with Crippen LogP contribution in [0.25, 0.3) is 0 Å². The van der Waals surface area contributed by atoms with Crippen LogP contribution >= 0.6 is 11.8 Å². The predicted molar refractivity (Wildman–Crippen MR) is 76.0 cm³/mol. The third-order valence-electron chi connectivity index (χ3n) is 4.10. The van der Waals surface area contributed by atoms with Crippen LogP contribution < -0.4 is 0 Å². The van der Waals surface area contributed by atoms with Gasteiger partial charge >= 0.3 is 0 Å². The van der Waals surface area contributed by atoms with Gasteiger partial charge in [-0.1, -0.05) is 0 Å². The summed E-state index contributed by atoms with van der Waals surface area (Å²) < 4.78 is 25.8. The molecule has 1 saturated carbocycles. The zero-order valence-electron chi connectivity index (χ0n) is 11.5. The van der Waals surface area contributed by atoms with Crippen molar-refractivity contribution in [3.05, 3.63) is 29.8 Å². The third kappa shape index (κ3) is 3.21. The first kappa shape index (κ1) is 14.8. The quantitative estimate of drug-likeness (QED) is 0.849. The number of nitrogens with zero attached hydrogens (tertiary/aromatic N) is 1. The molecule has 1 N–H and O–H groups in total. The van der Waals surface area contributed by atoms with Gasteiger partial charge in [-0.05, 0) is 37.0 Å². The highest BCUT2D eigenvalue weighted by Gasteiger charge is 2.52. The fourth-order valence-electron chi connectivity index (χ4n) is 2.65. The number of carbonyl (C=O) groups excluding carboxylic acids is 1. The zero-order chi connectivity index (χ0) is 15.0. The van der Waals surface area contributed by atoms with Crippen molar-refractivity contribution in [3.8, 4) is 0 Å². The van der Waals surface area contributed by atoms with Crippen molar-refractivity contribution in [1.82, 2.24) is 4.90 Å². The fraction of sp³-hybridized carbons (Fsp3) is 0.533. The number of aliphatic hydroxyl groups is 1. The standard InChI is InChI=1S/C15H17F2NO2S/c16-12-4-3-11(7-13(12)17)21-6-5-14(19)18-8-15(20,9-18)10-1-2-10/h3-4,7,10,20H,1-2,5-6,8-9H2. The topological polar surface area (TPSA) is 40.5 Å². The number of benzene rings is 1. The largest absolute Gasteiger partial charge is 0.386 e. The molecule has 6 heteroatoms. The van der Waals surface area contributed by atoms with Gasteiger partial charge in [-0.3, -0.25) is 4.79 Å². The molecule has 2 fully saturated rings. The molecule has 1 amide bonds. The van der Waals surface area contributed by atoms with Gasteiger partial charge in [0.2, 0.25) is 5.91 Å². The number of rotatable bonds is 5. The minimum absolute atomic E-state index is 0.00964. The number of β-amino-alcohol motifs (C(OH)–C–C–N with tert-alkyl or cyclic N) is 1. The number of amides is 1. The van der Waals surface area contributed by atoms with Crippen LogP contribution in [0.4, 0.5) is 8.78 Å². The van der Waals surface area contributed by atoms with E-state index < -0.39 is 17.2 Å². The number of hydrogen-bond donors (Lipinski definition) is 1. The molecule has 0 atom stereocenters. The summed E-state index contributed by atoms with van der Waals surface area (Å²) >= 11 is 1.33. The molecule has 2 aliphatic rings. The molecule has 1 heterocycles. The minimum atomic E-state index is -0.872. The summed E-state index contributed by atoms with van der Waals surface area (Å²) in [5.74, 6) is -0.838. The van der Waals surface area contributed by atoms with E-state index in [1.807, 2.05) is 0 Å². The first-order valence-electron chi connectivity index (χ1n) is 7.06. The molecule has 1 aromatic rings. The Kier molecular flexibility index (Phi) is 3.92. The summed E-state index contributed by atoms with van der Waals surface area (Å²) in [4.78, 5) is 14.2. The average Bonchev–Trinajstić information content (AvgIpc) is 3.23. The highest BCUT2D eigenvalue weighted by atomic mass is 32.2. The van der Waals surface area contributed by atoms with E-state index >= 15 is 0 Å². The second-order valence-corrected chi connectivity index (χ2v) is 6.97. The zero-order valence-corrected chi connectivity index (χ0v) is 12.3. The Bertz CT molecular complexity index is 557. The molecule has 1 aliphatic carbocycles. The molecule has 0 unspecified atom stereocenters. The van der Waals surface area contributed by atoms with Crippen molar-refractivity contribution in [2.24, 2.45) is 5.92 Å². The van der Waals surface area contributed by atoms with Crippen LogP contribution in [-0.2, 0) is 4.79 Å². The lowest BCUT2D eigenvalue weighted by molar-refractivity contribution is -0.158. The molecule has 3 rings (SSSR count). The van der Waals surface area contributed by atoms with E-state index in [0.717, 1.165) is 25.0 Å². The molecular formula is C15H17F2NO2S. The molecular weight excluding hydrogens is 296 g/mol. The van der Waals surface area contributed by atoms with E-state index in [2.05, 4.69) is 0 Å². The van der Waals surface area contributed by atoms with Crippen LogP contribution in [-0.4, -0.2) is 40.4 Å². The van der Waals surface area contributed by atoms with Crippen molar-refractivity contribution in [1.29, 1.82) is 0 Å². The Hall–Kier alpha value is -1.14. The van der Waals surface area contributed by atoms with E-state index in [-0.39, 0.29) is 5.91 Å². The summed E-state index contributed by atoms with van der Waals surface area (Å²) in [6.45, 7) is 0.874. The van der Waals surface area contributed by atoms with Crippen molar-refractivity contribution in [3.63, 3.8) is 0 Å². The molecule has 1 aliphatic heterocycles. The summed E-state index contributed by atoms with van der Waals surface area (Å²) in [7, 11) is 0. The molecule has 0 radical (unpaired) electrons. The first-order chi connectivity index (χ1) is 9.98. The van der Waals surface area contributed by atoms with Crippen molar-refractivity contribution in [2.45, 2.75) is 29.8 Å². The van der Waals surface area contributed by atoms with Gasteiger partial charge in [0.05, 0.1) is 13.1 Å². The Balaban J connectivity index is 1.41. The average molecular weight is 313 g/mol. The van der Waals surface area contributed by atoms with E-state index in [4.69, 9.17) is 0 Å². The summed E-state index contributed by atoms with van der Waals surface area (Å²) in [5, 5.41) is 10.2. The van der Waals surface area contributed by atoms with Crippen LogP contribution in [0.5, 0.6) is 0 Å². The second-order valence-electron chi connectivity index (χ2n) is 5.80. The lowest BCUT2D eigenvalue weighted by Crippen LogP contribution is -2.64. The Morgan fingerprint density at radius 1 is 1.33 bits per heavy atom. The SMILES string of the molecule is O=C(CCSc1ccc(F)c(F)c1)N1CC(O)(C2CC2)C1. The van der Waals surface area contributed by atoms with Gasteiger partial charge in [0.25, 0.3) is 0 Å². The van der Waals surface area contributed by atoms with E-state index in [1.54, 1.807) is 4.90 Å². The maximum atomic E-state index is 13.0. The maximum absolute atomic E-state index is 13.0. The molecule has 0 bridgehead atoms. The predicted octanol–water partition coefficient (Wildman–Crippen LogP) is 2.43. The summed E-state index contributed by atoms with van der Waals surface area (Å²) in [6, 6.07) is 3.73. The highest BCUT2D eigenvalue weighted by Crippen LogP contribution is 2.44. The van der Waals surface area contributed by atoms with Crippen LogP contribution in [0.15, 0.2) is 23.1 Å². The van der Waals surface area contributed by atoms with Gasteiger partial charge < -0.3 is 10.0 Å².